The molecule has 210 valence electrons. The maximum atomic E-state index is 12.9. The molecule has 1 aromatic rings. The molecule has 1 rings (SSSR count). The van der Waals surface area contributed by atoms with Crippen LogP contribution < -0.4 is 27.4 Å². The Morgan fingerprint density at radius 3 is 1.92 bits per heavy atom. The summed E-state index contributed by atoms with van der Waals surface area (Å²) in [6.07, 6.45) is -2.99. The number of phenolic OH excluding ortho intramolecular Hbond substituents is 1. The van der Waals surface area contributed by atoms with Crippen LogP contribution in [0.25, 0.3) is 0 Å². The molecule has 0 unspecified atom stereocenters. The molecule has 0 spiro atoms. The van der Waals surface area contributed by atoms with E-state index in [1.807, 2.05) is 0 Å². The summed E-state index contributed by atoms with van der Waals surface area (Å²) in [5, 5.41) is 44.7. The summed E-state index contributed by atoms with van der Waals surface area (Å²) < 4.78 is 0. The number of carbonyl (C=O) groups is 6. The van der Waals surface area contributed by atoms with Gasteiger partial charge in [-0.25, -0.2) is 4.79 Å². The molecule has 15 heteroatoms. The molecule has 4 amide bonds. The number of nitrogens with one attached hydrogen (secondary N) is 3. The van der Waals surface area contributed by atoms with Gasteiger partial charge in [0.25, 0.3) is 0 Å². The quantitative estimate of drug-likeness (QED) is 0.104. The Balaban J connectivity index is 2.98. The second-order valence-electron chi connectivity index (χ2n) is 8.60. The number of aliphatic hydroxyl groups excluding tert-OH is 1. The molecule has 0 saturated carbocycles. The zero-order chi connectivity index (χ0) is 29.0. The summed E-state index contributed by atoms with van der Waals surface area (Å²) >= 11 is 0. The third-order valence-corrected chi connectivity index (χ3v) is 5.37. The Morgan fingerprint density at radius 1 is 0.842 bits per heavy atom. The molecule has 38 heavy (non-hydrogen) atoms. The highest BCUT2D eigenvalue weighted by Crippen LogP contribution is 2.12. The van der Waals surface area contributed by atoms with Crippen LogP contribution in [-0.4, -0.2) is 86.3 Å². The zero-order valence-electron chi connectivity index (χ0n) is 20.6. The van der Waals surface area contributed by atoms with Crippen molar-refractivity contribution in [3.8, 4) is 5.75 Å². The monoisotopic (exact) mass is 539 g/mol. The van der Waals surface area contributed by atoms with E-state index in [9.17, 15) is 44.1 Å². The summed E-state index contributed by atoms with van der Waals surface area (Å²) in [4.78, 5) is 71.7. The van der Waals surface area contributed by atoms with Crippen LogP contribution in [-0.2, 0) is 35.2 Å². The Morgan fingerprint density at radius 2 is 1.42 bits per heavy atom. The summed E-state index contributed by atoms with van der Waals surface area (Å²) in [5.41, 5.74) is 11.2. The van der Waals surface area contributed by atoms with Crippen molar-refractivity contribution in [2.75, 3.05) is 0 Å². The van der Waals surface area contributed by atoms with E-state index in [0.717, 1.165) is 6.92 Å². The van der Waals surface area contributed by atoms with Gasteiger partial charge in [-0.05, 0) is 37.5 Å². The maximum absolute atomic E-state index is 12.9. The van der Waals surface area contributed by atoms with Gasteiger partial charge in [-0.3, -0.25) is 24.0 Å². The molecule has 15 nitrogen and oxygen atoms in total. The topological polar surface area (TPSA) is 271 Å². The van der Waals surface area contributed by atoms with Crippen molar-refractivity contribution in [3.63, 3.8) is 0 Å². The number of primary amides is 1. The van der Waals surface area contributed by atoms with Crippen molar-refractivity contribution in [1.29, 1.82) is 0 Å². The van der Waals surface area contributed by atoms with E-state index < -0.39 is 78.7 Å². The first-order valence-corrected chi connectivity index (χ1v) is 11.6. The van der Waals surface area contributed by atoms with Gasteiger partial charge >= 0.3 is 11.9 Å². The van der Waals surface area contributed by atoms with Gasteiger partial charge in [0.2, 0.25) is 23.6 Å². The van der Waals surface area contributed by atoms with Crippen LogP contribution in [0, 0.1) is 0 Å². The molecule has 0 bridgehead atoms. The maximum Gasteiger partial charge on any atom is 0.326 e. The first kappa shape index (κ1) is 31.8. The number of carbonyl (C=O) groups excluding carboxylic acids is 4. The normalized spacial score (nSPS) is 14.7. The number of hydrogen-bond donors (Lipinski definition) is 9. The predicted molar refractivity (Wildman–Crippen MR) is 130 cm³/mol. The molecule has 0 aliphatic rings. The van der Waals surface area contributed by atoms with Gasteiger partial charge in [-0.1, -0.05) is 12.1 Å². The lowest BCUT2D eigenvalue weighted by molar-refractivity contribution is -0.143. The van der Waals surface area contributed by atoms with Crippen molar-refractivity contribution in [1.82, 2.24) is 16.0 Å². The third-order valence-electron chi connectivity index (χ3n) is 5.37. The van der Waals surface area contributed by atoms with Crippen LogP contribution in [0.15, 0.2) is 24.3 Å². The number of rotatable bonds is 16. The summed E-state index contributed by atoms with van der Waals surface area (Å²) in [6, 6.07) is -0.285. The summed E-state index contributed by atoms with van der Waals surface area (Å²) in [5.74, 6) is -6.40. The van der Waals surface area contributed by atoms with Crippen molar-refractivity contribution >= 4 is 35.6 Å². The minimum atomic E-state index is -1.67. The molecule has 11 N–H and O–H groups in total. The van der Waals surface area contributed by atoms with Crippen LogP contribution in [0.1, 0.15) is 38.2 Å². The number of aliphatic carboxylic acids is 2. The van der Waals surface area contributed by atoms with E-state index in [-0.39, 0.29) is 25.0 Å². The molecule has 0 aromatic heterocycles. The fraction of sp³-hybridized carbons (Fsp3) is 0.478. The van der Waals surface area contributed by atoms with E-state index >= 15 is 0 Å². The lowest BCUT2D eigenvalue weighted by atomic mass is 10.0. The van der Waals surface area contributed by atoms with Crippen molar-refractivity contribution < 1.29 is 49.2 Å². The highest BCUT2D eigenvalue weighted by molar-refractivity contribution is 5.94. The van der Waals surface area contributed by atoms with E-state index in [1.165, 1.54) is 24.3 Å². The second kappa shape index (κ2) is 15.1. The minimum Gasteiger partial charge on any atom is -0.508 e. The molecule has 0 aliphatic carbocycles. The Kier molecular flexibility index (Phi) is 12.6. The molecule has 0 saturated heterocycles. The van der Waals surface area contributed by atoms with E-state index in [0.29, 0.717) is 5.56 Å². The first-order valence-electron chi connectivity index (χ1n) is 11.6. The summed E-state index contributed by atoms with van der Waals surface area (Å²) in [6.45, 7) is 1.16. The third kappa shape index (κ3) is 11.2. The van der Waals surface area contributed by atoms with E-state index in [4.69, 9.17) is 16.6 Å². The van der Waals surface area contributed by atoms with Crippen molar-refractivity contribution in [2.24, 2.45) is 11.5 Å². The Bertz CT molecular complexity index is 1010. The van der Waals surface area contributed by atoms with Crippen LogP contribution >= 0.6 is 0 Å². The fourth-order valence-electron chi connectivity index (χ4n) is 3.23. The average Bonchev–Trinajstić information content (AvgIpc) is 2.83. The lowest BCUT2D eigenvalue weighted by Crippen LogP contribution is -2.60. The average molecular weight is 540 g/mol. The van der Waals surface area contributed by atoms with E-state index in [2.05, 4.69) is 16.0 Å². The number of aliphatic hydroxyl groups is 1. The number of nitrogens with two attached hydrogens (primary N) is 2. The second-order valence-corrected chi connectivity index (χ2v) is 8.60. The van der Waals surface area contributed by atoms with Crippen molar-refractivity contribution in [3.05, 3.63) is 29.8 Å². The summed E-state index contributed by atoms with van der Waals surface area (Å²) in [7, 11) is 0. The van der Waals surface area contributed by atoms with Crippen LogP contribution in [0.2, 0.25) is 0 Å². The highest BCUT2D eigenvalue weighted by atomic mass is 16.4. The number of hydrogen-bond acceptors (Lipinski definition) is 9. The number of amides is 4. The largest absolute Gasteiger partial charge is 0.508 e. The lowest BCUT2D eigenvalue weighted by Gasteiger charge is -2.26. The molecule has 5 atom stereocenters. The smallest absolute Gasteiger partial charge is 0.326 e. The fourth-order valence-corrected chi connectivity index (χ4v) is 3.23. The molecule has 1 aromatic carbocycles. The van der Waals surface area contributed by atoms with Gasteiger partial charge in [0.1, 0.15) is 23.9 Å². The highest BCUT2D eigenvalue weighted by Gasteiger charge is 2.33. The molecule has 0 radical (unpaired) electrons. The van der Waals surface area contributed by atoms with Gasteiger partial charge in [0.15, 0.2) is 0 Å². The standard InChI is InChI=1S/C23H33N5O10/c1-11(29)19(22(36)27-16(23(37)38)10-12-2-4-13(30)5-3-12)28-21(35)15(7-9-18(32)33)26-20(34)14(24)6-8-17(25)31/h2-5,11,14-16,19,29-30H,6-10,24H2,1H3,(H2,25,31)(H,26,34)(H,27,36)(H,28,35)(H,32,33)(H,37,38)/t11-,14+,15+,16+,19+/m1/s1. The molecule has 0 fully saturated rings. The molecular formula is C23H33N5O10. The zero-order valence-corrected chi connectivity index (χ0v) is 20.6. The molecular weight excluding hydrogens is 506 g/mol. The number of benzene rings is 1. The number of aromatic hydroxyl groups is 1. The van der Waals surface area contributed by atoms with Gasteiger partial charge in [-0.15, -0.1) is 0 Å². The first-order chi connectivity index (χ1) is 17.7. The number of phenols is 1. The Labute approximate surface area is 217 Å². The predicted octanol–water partition coefficient (Wildman–Crippen LogP) is -2.69. The Hall–Kier alpha value is -4.24. The minimum absolute atomic E-state index is 0.0417. The molecule has 0 aliphatic heterocycles. The van der Waals surface area contributed by atoms with Gasteiger partial charge in [0.05, 0.1) is 12.1 Å². The van der Waals surface area contributed by atoms with E-state index in [1.54, 1.807) is 0 Å². The van der Waals surface area contributed by atoms with Gasteiger partial charge in [-0.2, -0.15) is 0 Å². The number of carboxylic acid groups (broad SMARTS) is 2. The number of carboxylic acids is 2. The van der Waals surface area contributed by atoms with Crippen LogP contribution in [0.5, 0.6) is 5.75 Å². The van der Waals surface area contributed by atoms with Gasteiger partial charge < -0.3 is 47.8 Å². The SMILES string of the molecule is C[C@@H](O)[C@H](NC(=O)[C@H](CCC(=O)O)NC(=O)[C@@H](N)CCC(N)=O)C(=O)N[C@@H](Cc1ccc(O)cc1)C(=O)O. The van der Waals surface area contributed by atoms with Crippen LogP contribution in [0.4, 0.5) is 0 Å². The van der Waals surface area contributed by atoms with Crippen molar-refractivity contribution in [2.45, 2.75) is 69.3 Å². The van der Waals surface area contributed by atoms with Crippen LogP contribution in [0.3, 0.4) is 0 Å². The van der Waals surface area contributed by atoms with Gasteiger partial charge in [0, 0.05) is 19.3 Å². The molecule has 0 heterocycles.